The number of hydrogen-bond donors (Lipinski definition) is 0. The van der Waals surface area contributed by atoms with Gasteiger partial charge in [0.15, 0.2) is 0 Å². The van der Waals surface area contributed by atoms with Crippen molar-refractivity contribution in [3.63, 3.8) is 0 Å². The van der Waals surface area contributed by atoms with Crippen LogP contribution in [-0.2, 0) is 21.1 Å². The van der Waals surface area contributed by atoms with Crippen LogP contribution in [-0.4, -0.2) is 19.3 Å². The number of fused-ring (bicyclic) bond motifs is 3. The molecule has 7 aromatic rings. The van der Waals surface area contributed by atoms with Crippen molar-refractivity contribution in [1.82, 2.24) is 19.3 Å². The van der Waals surface area contributed by atoms with Crippen molar-refractivity contribution in [3.05, 3.63) is 131 Å². The molecule has 0 aliphatic carbocycles. The maximum Gasteiger partial charge on any atom is 2.00 e. The summed E-state index contributed by atoms with van der Waals surface area (Å²) >= 11 is 0. The summed E-state index contributed by atoms with van der Waals surface area (Å²) in [5.74, 6) is 2.06. The van der Waals surface area contributed by atoms with Gasteiger partial charge in [-0.25, -0.2) is 4.98 Å². The summed E-state index contributed by atoms with van der Waals surface area (Å²) in [6.07, 6.45) is 1.84. The molecule has 0 fully saturated rings. The fourth-order valence-electron chi connectivity index (χ4n) is 6.00. The van der Waals surface area contributed by atoms with E-state index >= 15 is 0 Å². The molecule has 0 unspecified atom stereocenters. The number of hydrogen-bond acceptors (Lipinski definition) is 3. The Morgan fingerprint density at radius 3 is 2.23 bits per heavy atom. The first kappa shape index (κ1) is 28.6. The van der Waals surface area contributed by atoms with E-state index in [9.17, 15) is 0 Å². The molecule has 43 heavy (non-hydrogen) atoms. The van der Waals surface area contributed by atoms with Crippen molar-refractivity contribution < 1.29 is 25.8 Å². The van der Waals surface area contributed by atoms with E-state index in [1.165, 1.54) is 22.3 Å². The van der Waals surface area contributed by atoms with Crippen LogP contribution in [0.1, 0.15) is 28.1 Å². The number of pyridine rings is 1. The van der Waals surface area contributed by atoms with Crippen LogP contribution in [0.5, 0.6) is 11.5 Å². The van der Waals surface area contributed by atoms with Gasteiger partial charge in [-0.1, -0.05) is 41.9 Å². The quantitative estimate of drug-likeness (QED) is 0.166. The Morgan fingerprint density at radius 1 is 0.698 bits per heavy atom. The van der Waals surface area contributed by atoms with Gasteiger partial charge in [0.25, 0.3) is 0 Å². The maximum atomic E-state index is 6.37. The van der Waals surface area contributed by atoms with E-state index in [0.29, 0.717) is 11.5 Å². The summed E-state index contributed by atoms with van der Waals surface area (Å²) < 4.78 is 10.5. The summed E-state index contributed by atoms with van der Waals surface area (Å²) in [6, 6.07) is 35.8. The Balaban J connectivity index is 0.00000329. The Kier molecular flexibility index (Phi) is 7.54. The molecule has 7 rings (SSSR count). The molecule has 6 heteroatoms. The van der Waals surface area contributed by atoms with Crippen LogP contribution in [0.4, 0.5) is 0 Å². The van der Waals surface area contributed by atoms with Crippen molar-refractivity contribution in [2.24, 2.45) is 0 Å². The molecule has 0 atom stereocenters. The van der Waals surface area contributed by atoms with E-state index in [1.807, 2.05) is 41.2 Å². The summed E-state index contributed by atoms with van der Waals surface area (Å²) in [4.78, 5) is 4.68. The molecule has 0 amide bonds. The van der Waals surface area contributed by atoms with Crippen molar-refractivity contribution in [3.8, 4) is 34.1 Å². The molecular weight excluding hydrogens is 712 g/mol. The molecule has 0 bridgehead atoms. The van der Waals surface area contributed by atoms with Gasteiger partial charge in [-0.3, -0.25) is 4.68 Å². The van der Waals surface area contributed by atoms with Gasteiger partial charge in [0, 0.05) is 34.5 Å². The molecule has 0 spiro atoms. The van der Waals surface area contributed by atoms with Crippen molar-refractivity contribution in [1.29, 1.82) is 0 Å². The fraction of sp³-hybridized carbons (Fsp3) is 0.135. The fourth-order valence-corrected chi connectivity index (χ4v) is 6.00. The first-order valence-electron chi connectivity index (χ1n) is 14.1. The molecule has 3 heterocycles. The topological polar surface area (TPSA) is 44.9 Å². The zero-order valence-corrected chi connectivity index (χ0v) is 26.9. The standard InChI is InChI=1S/C37H30N4O.Pt/c1-23-18-19-38-35(20-23)40-33-15-7-6-14-31(33)32-17-16-30(22-34(32)40)42-29-13-9-12-28(21-29)41-27(5)37(26(4)39-41)36-24(2)10-8-11-25(36)3;/h6-20H,1-5H3;/q-2;+2. The van der Waals surface area contributed by atoms with Crippen LogP contribution in [0, 0.1) is 46.8 Å². The van der Waals surface area contributed by atoms with Gasteiger partial charge in [0.05, 0.1) is 5.69 Å². The summed E-state index contributed by atoms with van der Waals surface area (Å²) in [5, 5.41) is 7.16. The number of aromatic nitrogens is 4. The minimum absolute atomic E-state index is 0. The van der Waals surface area contributed by atoms with E-state index < -0.39 is 0 Å². The Hall–Kier alpha value is -4.47. The molecular formula is C37H30N4OPt. The number of aryl methyl sites for hydroxylation is 4. The Bertz CT molecular complexity index is 2120. The first-order chi connectivity index (χ1) is 20.4. The van der Waals surface area contributed by atoms with E-state index in [2.05, 4.69) is 111 Å². The minimum atomic E-state index is 0. The van der Waals surface area contributed by atoms with E-state index in [-0.39, 0.29) is 21.1 Å². The van der Waals surface area contributed by atoms with E-state index in [1.54, 1.807) is 0 Å². The van der Waals surface area contributed by atoms with Gasteiger partial charge in [0.2, 0.25) is 0 Å². The van der Waals surface area contributed by atoms with Gasteiger partial charge in [-0.15, -0.1) is 35.7 Å². The second kappa shape index (κ2) is 11.3. The van der Waals surface area contributed by atoms with Crippen LogP contribution < -0.4 is 4.74 Å². The normalized spacial score (nSPS) is 11.2. The van der Waals surface area contributed by atoms with Crippen molar-refractivity contribution >= 4 is 21.8 Å². The Labute approximate surface area is 266 Å². The van der Waals surface area contributed by atoms with Crippen molar-refractivity contribution in [2.75, 3.05) is 0 Å². The van der Waals surface area contributed by atoms with Gasteiger partial charge in [0.1, 0.15) is 5.82 Å². The number of nitrogens with zero attached hydrogens (tertiary/aromatic N) is 4. The molecule has 0 saturated carbocycles. The minimum Gasteiger partial charge on any atom is -0.509 e. The summed E-state index contributed by atoms with van der Waals surface area (Å²) in [7, 11) is 0. The predicted molar refractivity (Wildman–Crippen MR) is 169 cm³/mol. The van der Waals surface area contributed by atoms with Crippen LogP contribution in [0.25, 0.3) is 44.4 Å². The molecule has 3 aromatic heterocycles. The zero-order chi connectivity index (χ0) is 29.0. The second-order valence-corrected chi connectivity index (χ2v) is 10.9. The molecule has 0 saturated heterocycles. The van der Waals surface area contributed by atoms with Gasteiger partial charge < -0.3 is 9.30 Å². The monoisotopic (exact) mass is 741 g/mol. The number of ether oxygens (including phenoxy) is 1. The molecule has 0 N–H and O–H groups in total. The number of para-hydroxylation sites is 1. The van der Waals surface area contributed by atoms with Gasteiger partial charge in [-0.05, 0) is 86.1 Å². The number of rotatable bonds is 5. The second-order valence-electron chi connectivity index (χ2n) is 10.9. The van der Waals surface area contributed by atoms with Crippen LogP contribution in [0.2, 0.25) is 0 Å². The third-order valence-electron chi connectivity index (χ3n) is 7.91. The zero-order valence-electron chi connectivity index (χ0n) is 24.7. The first-order valence-corrected chi connectivity index (χ1v) is 14.1. The molecule has 214 valence electrons. The van der Waals surface area contributed by atoms with Gasteiger partial charge >= 0.3 is 21.1 Å². The van der Waals surface area contributed by atoms with Gasteiger partial charge in [-0.2, -0.15) is 17.2 Å². The average Bonchev–Trinajstić information content (AvgIpc) is 3.46. The summed E-state index contributed by atoms with van der Waals surface area (Å²) in [6.45, 7) is 10.6. The Morgan fingerprint density at radius 2 is 1.44 bits per heavy atom. The average molecular weight is 742 g/mol. The van der Waals surface area contributed by atoms with Crippen LogP contribution >= 0.6 is 0 Å². The third-order valence-corrected chi connectivity index (χ3v) is 7.91. The largest absolute Gasteiger partial charge is 2.00 e. The SMILES string of the molecule is Cc1ccnc(-n2c3[c-]c(Oc4[c-]c(-n5nc(C)c(-c6c(C)cccc6C)c5C)ccc4)ccc3c3ccccc32)c1.[Pt+2]. The van der Waals surface area contributed by atoms with E-state index in [4.69, 9.17) is 9.84 Å². The molecule has 0 radical (unpaired) electrons. The number of benzene rings is 4. The smallest absolute Gasteiger partial charge is 0.509 e. The van der Waals surface area contributed by atoms with Crippen molar-refractivity contribution in [2.45, 2.75) is 34.6 Å². The molecule has 4 aromatic carbocycles. The predicted octanol–water partition coefficient (Wildman–Crippen LogP) is 8.96. The molecule has 5 nitrogen and oxygen atoms in total. The summed E-state index contributed by atoms with van der Waals surface area (Å²) in [5.41, 5.74) is 10.9. The van der Waals surface area contributed by atoms with E-state index in [0.717, 1.165) is 50.3 Å². The van der Waals surface area contributed by atoms with Crippen LogP contribution in [0.15, 0.2) is 91.1 Å². The third kappa shape index (κ3) is 4.98. The maximum absolute atomic E-state index is 6.37. The molecule has 0 aliphatic rings. The molecule has 0 aliphatic heterocycles. The van der Waals surface area contributed by atoms with Crippen LogP contribution in [0.3, 0.4) is 0 Å².